The molecule has 70 valence electrons. The van der Waals surface area contributed by atoms with E-state index in [1.807, 2.05) is 12.1 Å². The van der Waals surface area contributed by atoms with Crippen LogP contribution in [-0.4, -0.2) is 22.2 Å². The van der Waals surface area contributed by atoms with E-state index in [9.17, 15) is 4.79 Å². The number of hydrazone groups is 1. The summed E-state index contributed by atoms with van der Waals surface area (Å²) in [4.78, 5) is 11.5. The van der Waals surface area contributed by atoms with Gasteiger partial charge in [0, 0.05) is 17.9 Å². The summed E-state index contributed by atoms with van der Waals surface area (Å²) in [5.41, 5.74) is 1.33. The summed E-state index contributed by atoms with van der Waals surface area (Å²) in [6.45, 7) is 0. The minimum atomic E-state index is -0.527. The van der Waals surface area contributed by atoms with Crippen LogP contribution in [0.2, 0.25) is 0 Å². The van der Waals surface area contributed by atoms with Crippen molar-refractivity contribution < 1.29 is 10.0 Å². The third-order valence-corrected chi connectivity index (χ3v) is 2.00. The SMILES string of the molecule is O=C1c2ccccc2CC=C=NN1O. The number of hydrogen-bond donors (Lipinski definition) is 1. The molecule has 4 nitrogen and oxygen atoms in total. The molecule has 1 aromatic carbocycles. The van der Waals surface area contributed by atoms with Gasteiger partial charge in [-0.1, -0.05) is 28.5 Å². The molecule has 1 aliphatic heterocycles. The second-order valence-corrected chi connectivity index (χ2v) is 2.89. The summed E-state index contributed by atoms with van der Waals surface area (Å²) in [5.74, 6) is 1.94. The maximum absolute atomic E-state index is 11.5. The van der Waals surface area contributed by atoms with Gasteiger partial charge in [-0.3, -0.25) is 10.0 Å². The number of hydroxylamine groups is 1. The Morgan fingerprint density at radius 3 is 3.07 bits per heavy atom. The monoisotopic (exact) mass is 188 g/mol. The van der Waals surface area contributed by atoms with E-state index in [1.165, 1.54) is 0 Å². The Hall–Kier alpha value is -1.90. The molecule has 0 aliphatic carbocycles. The van der Waals surface area contributed by atoms with Gasteiger partial charge in [-0.15, -0.1) is 0 Å². The van der Waals surface area contributed by atoms with Crippen LogP contribution in [0, 0.1) is 0 Å². The summed E-state index contributed by atoms with van der Waals surface area (Å²) >= 11 is 0. The second kappa shape index (κ2) is 3.46. The van der Waals surface area contributed by atoms with E-state index in [1.54, 1.807) is 18.2 Å². The van der Waals surface area contributed by atoms with E-state index in [0.717, 1.165) is 5.56 Å². The molecule has 0 aromatic heterocycles. The lowest BCUT2D eigenvalue weighted by Crippen LogP contribution is -2.23. The summed E-state index contributed by atoms with van der Waals surface area (Å²) < 4.78 is 0. The number of nitrogens with zero attached hydrogens (tertiary/aromatic N) is 2. The fourth-order valence-electron chi connectivity index (χ4n) is 1.31. The highest BCUT2D eigenvalue weighted by atomic mass is 16.5. The predicted molar refractivity (Wildman–Crippen MR) is 50.1 cm³/mol. The van der Waals surface area contributed by atoms with Crippen molar-refractivity contribution in [1.82, 2.24) is 5.17 Å². The van der Waals surface area contributed by atoms with E-state index in [2.05, 4.69) is 11.0 Å². The van der Waals surface area contributed by atoms with Crippen LogP contribution in [0.4, 0.5) is 0 Å². The third-order valence-electron chi connectivity index (χ3n) is 2.00. The number of amides is 1. The standard InChI is InChI=1S/C10H8N2O2/c13-10-9-6-2-1-4-8(9)5-3-7-11-12(10)14/h1-4,6,14H,5H2. The number of carbonyl (C=O) groups excluding carboxylic acids is 1. The molecule has 1 aliphatic rings. The van der Waals surface area contributed by atoms with Gasteiger partial charge >= 0.3 is 0 Å². The van der Waals surface area contributed by atoms with Crippen LogP contribution in [0.1, 0.15) is 15.9 Å². The Labute approximate surface area is 80.7 Å². The van der Waals surface area contributed by atoms with Gasteiger partial charge in [-0.25, -0.2) is 0 Å². The molecule has 0 unspecified atom stereocenters. The van der Waals surface area contributed by atoms with Crippen LogP contribution in [0.5, 0.6) is 0 Å². The van der Waals surface area contributed by atoms with Gasteiger partial charge in [-0.2, -0.15) is 0 Å². The van der Waals surface area contributed by atoms with Crippen LogP contribution in [0.25, 0.3) is 0 Å². The number of allylic oxidation sites excluding steroid dienone is 1. The van der Waals surface area contributed by atoms with Crippen molar-refractivity contribution >= 4 is 11.8 Å². The first-order valence-electron chi connectivity index (χ1n) is 4.18. The number of fused-ring (bicyclic) bond motifs is 1. The molecule has 1 amide bonds. The predicted octanol–water partition coefficient (Wildman–Crippen LogP) is 1.21. The fourth-order valence-corrected chi connectivity index (χ4v) is 1.31. The maximum Gasteiger partial charge on any atom is 0.300 e. The van der Waals surface area contributed by atoms with Crippen molar-refractivity contribution in [2.24, 2.45) is 5.10 Å². The van der Waals surface area contributed by atoms with Crippen LogP contribution >= 0.6 is 0 Å². The Balaban J connectivity index is 2.55. The van der Waals surface area contributed by atoms with E-state index < -0.39 is 5.91 Å². The lowest BCUT2D eigenvalue weighted by atomic mass is 10.0. The number of benzene rings is 1. The van der Waals surface area contributed by atoms with E-state index in [-0.39, 0.29) is 0 Å². The zero-order chi connectivity index (χ0) is 9.97. The first-order chi connectivity index (χ1) is 6.79. The molecule has 4 heteroatoms. The second-order valence-electron chi connectivity index (χ2n) is 2.89. The molecule has 0 atom stereocenters. The van der Waals surface area contributed by atoms with Gasteiger partial charge in [0.2, 0.25) is 0 Å². The van der Waals surface area contributed by atoms with Crippen molar-refractivity contribution in [3.8, 4) is 0 Å². The van der Waals surface area contributed by atoms with Crippen molar-refractivity contribution in [2.75, 3.05) is 0 Å². The van der Waals surface area contributed by atoms with Crippen molar-refractivity contribution in [3.63, 3.8) is 0 Å². The van der Waals surface area contributed by atoms with E-state index >= 15 is 0 Å². The summed E-state index contributed by atoms with van der Waals surface area (Å²) in [7, 11) is 0. The van der Waals surface area contributed by atoms with Crippen molar-refractivity contribution in [3.05, 3.63) is 41.5 Å². The van der Waals surface area contributed by atoms with Crippen LogP contribution < -0.4 is 0 Å². The van der Waals surface area contributed by atoms with Gasteiger partial charge in [-0.05, 0) is 17.7 Å². The molecular weight excluding hydrogens is 180 g/mol. The third kappa shape index (κ3) is 1.44. The Kier molecular flexibility index (Phi) is 2.14. The highest BCUT2D eigenvalue weighted by Gasteiger charge is 2.16. The Morgan fingerprint density at radius 1 is 1.43 bits per heavy atom. The highest BCUT2D eigenvalue weighted by molar-refractivity contribution is 5.95. The van der Waals surface area contributed by atoms with Gasteiger partial charge in [0.05, 0.1) is 0 Å². The minimum Gasteiger partial charge on any atom is -0.265 e. The summed E-state index contributed by atoms with van der Waals surface area (Å²) in [6.07, 6.45) is 2.26. The summed E-state index contributed by atoms with van der Waals surface area (Å²) in [6, 6.07) is 7.10. The Bertz CT molecular complexity index is 434. The molecule has 2 rings (SSSR count). The molecule has 1 N–H and O–H groups in total. The van der Waals surface area contributed by atoms with Crippen molar-refractivity contribution in [2.45, 2.75) is 6.42 Å². The number of rotatable bonds is 0. The molecule has 0 fully saturated rings. The Morgan fingerprint density at radius 2 is 2.21 bits per heavy atom. The number of carbonyl (C=O) groups is 1. The average molecular weight is 188 g/mol. The van der Waals surface area contributed by atoms with Gasteiger partial charge in [0.25, 0.3) is 5.91 Å². The highest BCUT2D eigenvalue weighted by Crippen LogP contribution is 2.13. The van der Waals surface area contributed by atoms with E-state index in [0.29, 0.717) is 17.2 Å². The largest absolute Gasteiger partial charge is 0.300 e. The zero-order valence-electron chi connectivity index (χ0n) is 7.34. The first-order valence-corrected chi connectivity index (χ1v) is 4.18. The number of hydrogen-bond acceptors (Lipinski definition) is 3. The molecule has 0 radical (unpaired) electrons. The van der Waals surface area contributed by atoms with Gasteiger partial charge in [0.15, 0.2) is 0 Å². The normalized spacial score (nSPS) is 14.9. The summed E-state index contributed by atoms with van der Waals surface area (Å²) in [5, 5.41) is 12.9. The molecule has 0 bridgehead atoms. The molecule has 0 saturated heterocycles. The maximum atomic E-state index is 11.5. The quantitative estimate of drug-likeness (QED) is 0.622. The van der Waals surface area contributed by atoms with Crippen LogP contribution in [0.3, 0.4) is 0 Å². The average Bonchev–Trinajstić information content (AvgIpc) is 2.22. The van der Waals surface area contributed by atoms with E-state index in [4.69, 9.17) is 5.21 Å². The fraction of sp³-hybridized carbons (Fsp3) is 0.100. The van der Waals surface area contributed by atoms with Crippen LogP contribution in [0.15, 0.2) is 35.4 Å². The smallest absolute Gasteiger partial charge is 0.265 e. The zero-order valence-corrected chi connectivity index (χ0v) is 7.34. The lowest BCUT2D eigenvalue weighted by Gasteiger charge is -2.11. The molecule has 1 aromatic rings. The molecule has 14 heavy (non-hydrogen) atoms. The molecule has 0 saturated carbocycles. The molecule has 0 spiro atoms. The van der Waals surface area contributed by atoms with Crippen molar-refractivity contribution in [1.29, 1.82) is 0 Å². The first kappa shape index (κ1) is 8.69. The minimum absolute atomic E-state index is 0.300. The van der Waals surface area contributed by atoms with Gasteiger partial charge in [0.1, 0.15) is 0 Å². The lowest BCUT2D eigenvalue weighted by molar-refractivity contribution is -0.0562. The molecular formula is C10H8N2O2. The topological polar surface area (TPSA) is 52.9 Å². The molecule has 1 heterocycles. The van der Waals surface area contributed by atoms with Crippen LogP contribution in [-0.2, 0) is 6.42 Å². The van der Waals surface area contributed by atoms with Gasteiger partial charge < -0.3 is 0 Å².